The SMILES string of the molecule is CC(C)[C@@H](CCl)NS(=O)(=O)N[C@H](CCl)C(C)C. The summed E-state index contributed by atoms with van der Waals surface area (Å²) in [7, 11) is -3.56. The van der Waals surface area contributed by atoms with Gasteiger partial charge in [-0.1, -0.05) is 27.7 Å². The monoisotopic (exact) mass is 304 g/mol. The second-order valence-electron chi connectivity index (χ2n) is 4.75. The Balaban J connectivity index is 4.57. The first kappa shape index (κ1) is 17.4. The fourth-order valence-corrected chi connectivity index (χ4v) is 3.75. The first-order chi connectivity index (χ1) is 7.73. The molecule has 104 valence electrons. The van der Waals surface area contributed by atoms with Crippen LogP contribution in [-0.4, -0.2) is 32.3 Å². The molecule has 7 heteroatoms. The molecule has 0 saturated heterocycles. The van der Waals surface area contributed by atoms with Crippen LogP contribution in [0.25, 0.3) is 0 Å². The minimum absolute atomic E-state index is 0.137. The first-order valence-corrected chi connectivity index (χ1v) is 8.20. The van der Waals surface area contributed by atoms with Crippen molar-refractivity contribution in [2.24, 2.45) is 11.8 Å². The summed E-state index contributed by atoms with van der Waals surface area (Å²) in [5, 5.41) is 0. The van der Waals surface area contributed by atoms with Gasteiger partial charge in [0.2, 0.25) is 0 Å². The van der Waals surface area contributed by atoms with Gasteiger partial charge in [0, 0.05) is 23.8 Å². The normalized spacial score (nSPS) is 16.5. The molecular formula is C10H22Cl2N2O2S. The second kappa shape index (κ2) is 7.79. The molecule has 0 rings (SSSR count). The molecule has 2 N–H and O–H groups in total. The molecule has 0 spiro atoms. The molecule has 0 unspecified atom stereocenters. The summed E-state index contributed by atoms with van der Waals surface area (Å²) < 4.78 is 28.7. The molecule has 0 radical (unpaired) electrons. The van der Waals surface area contributed by atoms with E-state index in [1.165, 1.54) is 0 Å². The van der Waals surface area contributed by atoms with Crippen LogP contribution >= 0.6 is 23.2 Å². The zero-order valence-electron chi connectivity index (χ0n) is 10.7. The van der Waals surface area contributed by atoms with Crippen LogP contribution in [0, 0.1) is 11.8 Å². The van der Waals surface area contributed by atoms with Gasteiger partial charge < -0.3 is 0 Å². The molecule has 0 saturated carbocycles. The Morgan fingerprint density at radius 2 is 1.18 bits per heavy atom. The summed E-state index contributed by atoms with van der Waals surface area (Å²) in [6, 6.07) is -0.561. The van der Waals surface area contributed by atoms with Gasteiger partial charge in [-0.15, -0.1) is 23.2 Å². The zero-order chi connectivity index (χ0) is 13.6. The van der Waals surface area contributed by atoms with Crippen LogP contribution in [0.15, 0.2) is 0 Å². The van der Waals surface area contributed by atoms with E-state index in [0.717, 1.165) is 0 Å². The maximum atomic E-state index is 11.8. The van der Waals surface area contributed by atoms with E-state index in [4.69, 9.17) is 23.2 Å². The molecule has 0 amide bonds. The topological polar surface area (TPSA) is 58.2 Å². The van der Waals surface area contributed by atoms with Gasteiger partial charge in [-0.3, -0.25) is 0 Å². The molecule has 17 heavy (non-hydrogen) atoms. The summed E-state index contributed by atoms with van der Waals surface area (Å²) in [5.41, 5.74) is 0. The van der Waals surface area contributed by atoms with Crippen LogP contribution in [0.1, 0.15) is 27.7 Å². The molecule has 0 fully saturated rings. The smallest absolute Gasteiger partial charge is 0.198 e. The fraction of sp³-hybridized carbons (Fsp3) is 1.00. The highest BCUT2D eigenvalue weighted by Crippen LogP contribution is 2.08. The molecule has 0 aromatic heterocycles. The number of halogens is 2. The summed E-state index contributed by atoms with van der Waals surface area (Å²) in [6.07, 6.45) is 0. The van der Waals surface area contributed by atoms with E-state index in [-0.39, 0.29) is 35.7 Å². The average Bonchev–Trinajstić information content (AvgIpc) is 2.22. The van der Waals surface area contributed by atoms with Crippen molar-refractivity contribution in [1.82, 2.24) is 9.44 Å². The van der Waals surface area contributed by atoms with Crippen molar-refractivity contribution < 1.29 is 8.42 Å². The highest BCUT2D eigenvalue weighted by Gasteiger charge is 2.24. The maximum Gasteiger partial charge on any atom is 0.277 e. The summed E-state index contributed by atoms with van der Waals surface area (Å²) >= 11 is 11.4. The van der Waals surface area contributed by atoms with Gasteiger partial charge in [0.05, 0.1) is 0 Å². The molecule has 0 heterocycles. The van der Waals surface area contributed by atoms with Crippen LogP contribution in [0.5, 0.6) is 0 Å². The number of nitrogens with one attached hydrogen (secondary N) is 2. The third-order valence-corrected chi connectivity index (χ3v) is 4.45. The van der Waals surface area contributed by atoms with Crippen molar-refractivity contribution in [3.63, 3.8) is 0 Å². The maximum absolute atomic E-state index is 11.8. The van der Waals surface area contributed by atoms with Gasteiger partial charge in [-0.2, -0.15) is 17.9 Å². The van der Waals surface area contributed by atoms with Gasteiger partial charge in [-0.05, 0) is 11.8 Å². The fourth-order valence-electron chi connectivity index (χ4n) is 1.12. The number of rotatable bonds is 8. The van der Waals surface area contributed by atoms with E-state index in [0.29, 0.717) is 0 Å². The molecule has 0 aliphatic rings. The van der Waals surface area contributed by atoms with Crippen molar-refractivity contribution in [2.75, 3.05) is 11.8 Å². The highest BCUT2D eigenvalue weighted by molar-refractivity contribution is 7.87. The Morgan fingerprint density at radius 1 is 0.882 bits per heavy atom. The van der Waals surface area contributed by atoms with Crippen LogP contribution in [0.3, 0.4) is 0 Å². The van der Waals surface area contributed by atoms with E-state index in [1.807, 2.05) is 27.7 Å². The van der Waals surface area contributed by atoms with E-state index in [1.54, 1.807) is 0 Å². The summed E-state index contributed by atoms with van der Waals surface area (Å²) in [4.78, 5) is 0. The Labute approximate surface area is 115 Å². The van der Waals surface area contributed by atoms with Crippen LogP contribution < -0.4 is 9.44 Å². The van der Waals surface area contributed by atoms with Gasteiger partial charge in [0.1, 0.15) is 0 Å². The van der Waals surface area contributed by atoms with Crippen LogP contribution in [0.4, 0.5) is 0 Å². The van der Waals surface area contributed by atoms with Crippen molar-refractivity contribution in [3.8, 4) is 0 Å². The van der Waals surface area contributed by atoms with E-state index < -0.39 is 10.2 Å². The molecule has 0 aromatic rings. The van der Waals surface area contributed by atoms with E-state index in [2.05, 4.69) is 9.44 Å². The first-order valence-electron chi connectivity index (χ1n) is 5.65. The predicted octanol–water partition coefficient (Wildman–Crippen LogP) is 1.94. The molecule has 0 bridgehead atoms. The molecule has 2 atom stereocenters. The van der Waals surface area contributed by atoms with Gasteiger partial charge in [0.25, 0.3) is 10.2 Å². The minimum Gasteiger partial charge on any atom is -0.198 e. The molecular weight excluding hydrogens is 283 g/mol. The third kappa shape index (κ3) is 6.82. The second-order valence-corrected chi connectivity index (χ2v) is 6.84. The quantitative estimate of drug-likeness (QED) is 0.673. The minimum atomic E-state index is -3.56. The Kier molecular flexibility index (Phi) is 8.00. The highest BCUT2D eigenvalue weighted by atomic mass is 35.5. The van der Waals surface area contributed by atoms with Crippen LogP contribution in [-0.2, 0) is 10.2 Å². The van der Waals surface area contributed by atoms with E-state index >= 15 is 0 Å². The van der Waals surface area contributed by atoms with Gasteiger partial charge >= 0.3 is 0 Å². The summed E-state index contributed by atoms with van der Waals surface area (Å²) in [6.45, 7) is 7.65. The molecule has 0 aliphatic heterocycles. The number of hydrogen-bond acceptors (Lipinski definition) is 2. The standard InChI is InChI=1S/C10H22Cl2N2O2S/c1-7(2)9(5-11)13-17(15,16)14-10(6-12)8(3)4/h7-10,13-14H,5-6H2,1-4H3/t9-,10-/m1/s1. The Hall–Kier alpha value is 0.450. The lowest BCUT2D eigenvalue weighted by atomic mass is 10.1. The Morgan fingerprint density at radius 3 is 1.35 bits per heavy atom. The molecule has 4 nitrogen and oxygen atoms in total. The summed E-state index contributed by atoms with van der Waals surface area (Å²) in [5.74, 6) is 0.757. The number of hydrogen-bond donors (Lipinski definition) is 2. The lowest BCUT2D eigenvalue weighted by Crippen LogP contribution is -2.50. The third-order valence-electron chi connectivity index (χ3n) is 2.56. The lowest BCUT2D eigenvalue weighted by molar-refractivity contribution is 0.448. The number of alkyl halides is 2. The van der Waals surface area contributed by atoms with E-state index in [9.17, 15) is 8.42 Å². The largest absolute Gasteiger partial charge is 0.277 e. The predicted molar refractivity (Wildman–Crippen MR) is 73.9 cm³/mol. The van der Waals surface area contributed by atoms with Gasteiger partial charge in [0.15, 0.2) is 0 Å². The van der Waals surface area contributed by atoms with Crippen LogP contribution in [0.2, 0.25) is 0 Å². The van der Waals surface area contributed by atoms with Crippen molar-refractivity contribution in [3.05, 3.63) is 0 Å². The Bertz CT molecular complexity index is 283. The van der Waals surface area contributed by atoms with Crippen molar-refractivity contribution in [2.45, 2.75) is 39.8 Å². The van der Waals surface area contributed by atoms with Gasteiger partial charge in [-0.25, -0.2) is 0 Å². The zero-order valence-corrected chi connectivity index (χ0v) is 13.0. The van der Waals surface area contributed by atoms with Crippen molar-refractivity contribution >= 4 is 33.4 Å². The lowest BCUT2D eigenvalue weighted by Gasteiger charge is -2.24. The molecule has 0 aromatic carbocycles. The average molecular weight is 305 g/mol. The van der Waals surface area contributed by atoms with Crippen molar-refractivity contribution in [1.29, 1.82) is 0 Å². The molecule has 0 aliphatic carbocycles.